The highest BCUT2D eigenvalue weighted by Crippen LogP contribution is 2.16. The smallest absolute Gasteiger partial charge is 0.240 e. The third kappa shape index (κ3) is 3.78. The Hall–Kier alpha value is -0.940. The molecule has 1 N–H and O–H groups in total. The topological polar surface area (TPSA) is 54.2 Å². The molecule has 0 aliphatic carbocycles. The van der Waals surface area contributed by atoms with E-state index in [1.54, 1.807) is 0 Å². The fraction of sp³-hybridized carbons (Fsp3) is 0.846. The van der Waals surface area contributed by atoms with Crippen molar-refractivity contribution in [3.63, 3.8) is 0 Å². The first-order valence-corrected chi connectivity index (χ1v) is 6.89. The fourth-order valence-electron chi connectivity index (χ4n) is 2.43. The van der Waals surface area contributed by atoms with Crippen molar-refractivity contribution in [2.75, 3.05) is 19.6 Å². The molecule has 0 bridgehead atoms. The zero-order valence-corrected chi connectivity index (χ0v) is 11.6. The maximum absolute atomic E-state index is 5.22. The van der Waals surface area contributed by atoms with E-state index in [0.717, 1.165) is 43.8 Å². The van der Waals surface area contributed by atoms with Crippen LogP contribution in [-0.2, 0) is 6.54 Å². The van der Waals surface area contributed by atoms with Gasteiger partial charge in [0.15, 0.2) is 5.82 Å². The summed E-state index contributed by atoms with van der Waals surface area (Å²) in [7, 11) is 0. The van der Waals surface area contributed by atoms with Crippen molar-refractivity contribution in [1.82, 2.24) is 20.4 Å². The Labute approximate surface area is 109 Å². The van der Waals surface area contributed by atoms with Gasteiger partial charge in [-0.1, -0.05) is 5.16 Å². The summed E-state index contributed by atoms with van der Waals surface area (Å²) in [6.45, 7) is 10.5. The molecule has 0 amide bonds. The van der Waals surface area contributed by atoms with Gasteiger partial charge in [0.1, 0.15) is 0 Å². The largest absolute Gasteiger partial charge is 0.338 e. The van der Waals surface area contributed by atoms with E-state index >= 15 is 0 Å². The molecule has 0 atom stereocenters. The van der Waals surface area contributed by atoms with Gasteiger partial charge in [0.05, 0.1) is 6.54 Å². The molecule has 2 rings (SSSR count). The zero-order chi connectivity index (χ0) is 13.0. The van der Waals surface area contributed by atoms with Crippen LogP contribution < -0.4 is 5.32 Å². The third-order valence-electron chi connectivity index (χ3n) is 3.59. The van der Waals surface area contributed by atoms with Crippen molar-refractivity contribution in [3.8, 4) is 0 Å². The number of aryl methyl sites for hydroxylation is 1. The van der Waals surface area contributed by atoms with Crippen molar-refractivity contribution < 1.29 is 4.52 Å². The van der Waals surface area contributed by atoms with Crippen LogP contribution in [0, 0.1) is 12.8 Å². The van der Waals surface area contributed by atoms with Crippen LogP contribution in [0.25, 0.3) is 0 Å². The molecule has 1 aromatic heterocycles. The normalized spacial score (nSPS) is 17.8. The number of hydrogen-bond acceptors (Lipinski definition) is 5. The van der Waals surface area contributed by atoms with Gasteiger partial charge in [-0.2, -0.15) is 4.98 Å². The molecule has 1 aliphatic heterocycles. The van der Waals surface area contributed by atoms with Crippen molar-refractivity contribution in [1.29, 1.82) is 0 Å². The van der Waals surface area contributed by atoms with E-state index in [2.05, 4.69) is 34.2 Å². The number of piperidine rings is 1. The van der Waals surface area contributed by atoms with Crippen molar-refractivity contribution in [2.24, 2.45) is 5.92 Å². The third-order valence-corrected chi connectivity index (χ3v) is 3.59. The molecule has 1 fully saturated rings. The lowest BCUT2D eigenvalue weighted by molar-refractivity contribution is 0.144. The summed E-state index contributed by atoms with van der Waals surface area (Å²) in [6, 6.07) is 0.507. The Kier molecular flexibility index (Phi) is 4.72. The van der Waals surface area contributed by atoms with Crippen LogP contribution >= 0.6 is 0 Å². The average Bonchev–Trinajstić information content (AvgIpc) is 2.75. The Morgan fingerprint density at radius 2 is 2.11 bits per heavy atom. The lowest BCUT2D eigenvalue weighted by atomic mass is 9.97. The van der Waals surface area contributed by atoms with Crippen LogP contribution in [0.5, 0.6) is 0 Å². The molecule has 0 aromatic carbocycles. The minimum atomic E-state index is 0.507. The maximum Gasteiger partial charge on any atom is 0.240 e. The minimum Gasteiger partial charge on any atom is -0.338 e. The molecule has 1 saturated heterocycles. The summed E-state index contributed by atoms with van der Waals surface area (Å²) in [6.07, 6.45) is 2.54. The van der Waals surface area contributed by atoms with Crippen molar-refractivity contribution >= 4 is 0 Å². The first kappa shape index (κ1) is 13.5. The van der Waals surface area contributed by atoms with Gasteiger partial charge in [0, 0.05) is 12.6 Å². The van der Waals surface area contributed by atoms with Gasteiger partial charge in [-0.15, -0.1) is 0 Å². The monoisotopic (exact) mass is 252 g/mol. The highest BCUT2D eigenvalue weighted by atomic mass is 16.5. The van der Waals surface area contributed by atoms with Gasteiger partial charge in [-0.25, -0.2) is 0 Å². The summed E-state index contributed by atoms with van der Waals surface area (Å²) in [4.78, 5) is 6.73. The van der Waals surface area contributed by atoms with Crippen LogP contribution in [0.3, 0.4) is 0 Å². The van der Waals surface area contributed by atoms with Gasteiger partial charge < -0.3 is 9.84 Å². The average molecular weight is 252 g/mol. The second-order valence-corrected chi connectivity index (χ2v) is 5.45. The molecule has 0 spiro atoms. The number of aromatic nitrogens is 2. The SMILES string of the molecule is Cc1noc(CN(CC2CCNCC2)C(C)C)n1. The maximum atomic E-state index is 5.22. The van der Waals surface area contributed by atoms with E-state index in [1.807, 2.05) is 6.92 Å². The number of nitrogens with one attached hydrogen (secondary N) is 1. The van der Waals surface area contributed by atoms with E-state index in [0.29, 0.717) is 6.04 Å². The Morgan fingerprint density at radius 3 is 2.67 bits per heavy atom. The van der Waals surface area contributed by atoms with Crippen LogP contribution in [0.15, 0.2) is 4.52 Å². The Morgan fingerprint density at radius 1 is 1.39 bits per heavy atom. The highest BCUT2D eigenvalue weighted by Gasteiger charge is 2.20. The number of nitrogens with zero attached hydrogens (tertiary/aromatic N) is 3. The van der Waals surface area contributed by atoms with Gasteiger partial charge >= 0.3 is 0 Å². The van der Waals surface area contributed by atoms with Gasteiger partial charge in [-0.3, -0.25) is 4.90 Å². The molecule has 1 aromatic rings. The minimum absolute atomic E-state index is 0.507. The summed E-state index contributed by atoms with van der Waals surface area (Å²) < 4.78 is 5.22. The Bertz CT molecular complexity index is 358. The first-order chi connectivity index (χ1) is 8.65. The summed E-state index contributed by atoms with van der Waals surface area (Å²) >= 11 is 0. The molecular formula is C13H24N4O. The van der Waals surface area contributed by atoms with E-state index in [-0.39, 0.29) is 0 Å². The molecule has 0 radical (unpaired) electrons. The van der Waals surface area contributed by atoms with Crippen LogP contribution in [0.2, 0.25) is 0 Å². The summed E-state index contributed by atoms with van der Waals surface area (Å²) in [5.74, 6) is 2.24. The molecule has 5 nitrogen and oxygen atoms in total. The second kappa shape index (κ2) is 6.29. The van der Waals surface area contributed by atoms with Crippen LogP contribution in [0.4, 0.5) is 0 Å². The predicted molar refractivity (Wildman–Crippen MR) is 70.2 cm³/mol. The van der Waals surface area contributed by atoms with E-state index in [1.165, 1.54) is 12.8 Å². The van der Waals surface area contributed by atoms with Crippen molar-refractivity contribution in [3.05, 3.63) is 11.7 Å². The van der Waals surface area contributed by atoms with Gasteiger partial charge in [0.25, 0.3) is 0 Å². The predicted octanol–water partition coefficient (Wildman–Crippen LogP) is 1.59. The molecule has 102 valence electrons. The molecular weight excluding hydrogens is 228 g/mol. The fourth-order valence-corrected chi connectivity index (χ4v) is 2.43. The van der Waals surface area contributed by atoms with Crippen LogP contribution in [-0.4, -0.2) is 40.7 Å². The zero-order valence-electron chi connectivity index (χ0n) is 11.6. The first-order valence-electron chi connectivity index (χ1n) is 6.89. The Balaban J connectivity index is 1.90. The van der Waals surface area contributed by atoms with E-state index < -0.39 is 0 Å². The standard InChI is InChI=1S/C13H24N4O/c1-10(2)17(8-12-4-6-14-7-5-12)9-13-15-11(3)16-18-13/h10,12,14H,4-9H2,1-3H3. The van der Waals surface area contributed by atoms with Crippen LogP contribution in [0.1, 0.15) is 38.4 Å². The lowest BCUT2D eigenvalue weighted by Crippen LogP contribution is -2.39. The lowest BCUT2D eigenvalue weighted by Gasteiger charge is -2.31. The molecule has 0 saturated carbocycles. The van der Waals surface area contributed by atoms with Gasteiger partial charge in [0.2, 0.25) is 5.89 Å². The molecule has 5 heteroatoms. The second-order valence-electron chi connectivity index (χ2n) is 5.45. The van der Waals surface area contributed by atoms with Gasteiger partial charge in [-0.05, 0) is 52.6 Å². The van der Waals surface area contributed by atoms with E-state index in [4.69, 9.17) is 4.52 Å². The molecule has 2 heterocycles. The van der Waals surface area contributed by atoms with E-state index in [9.17, 15) is 0 Å². The number of hydrogen-bond donors (Lipinski definition) is 1. The van der Waals surface area contributed by atoms with Crippen molar-refractivity contribution in [2.45, 2.75) is 46.2 Å². The molecule has 0 unspecified atom stereocenters. The summed E-state index contributed by atoms with van der Waals surface area (Å²) in [5.41, 5.74) is 0. The summed E-state index contributed by atoms with van der Waals surface area (Å²) in [5, 5.41) is 7.26. The molecule has 18 heavy (non-hydrogen) atoms. The number of rotatable bonds is 5. The molecule has 1 aliphatic rings. The highest BCUT2D eigenvalue weighted by molar-refractivity contribution is 4.84. The quantitative estimate of drug-likeness (QED) is 0.862.